The molecule has 1 aromatic rings. The highest BCUT2D eigenvalue weighted by Gasteiger charge is 2.06. The van der Waals surface area contributed by atoms with Gasteiger partial charge < -0.3 is 10.4 Å². The molecule has 0 saturated heterocycles. The largest absolute Gasteiger partial charge is 0.481 e. The smallest absolute Gasteiger partial charge is 0.303 e. The first kappa shape index (κ1) is 13.4. The lowest BCUT2D eigenvalue weighted by atomic mass is 10.2. The number of anilines is 1. The lowest BCUT2D eigenvalue weighted by Gasteiger charge is -2.09. The molecule has 0 aliphatic heterocycles. The second kappa shape index (κ2) is 6.81. The van der Waals surface area contributed by atoms with Crippen molar-refractivity contribution in [1.82, 2.24) is 0 Å². The van der Waals surface area contributed by atoms with Gasteiger partial charge in [-0.3, -0.25) is 4.79 Å². The number of benzene rings is 1. The molecule has 1 aromatic carbocycles. The highest BCUT2D eigenvalue weighted by molar-refractivity contribution is 7.98. The molecule has 0 aromatic heterocycles. The molecule has 0 unspecified atom stereocenters. The molecule has 4 nitrogen and oxygen atoms in total. The summed E-state index contributed by atoms with van der Waals surface area (Å²) in [5, 5.41) is 20.7. The molecular weight excluding hydrogens is 236 g/mol. The Bertz CT molecular complexity index is 441. The zero-order valence-electron chi connectivity index (χ0n) is 9.56. The van der Waals surface area contributed by atoms with Crippen molar-refractivity contribution in [1.29, 1.82) is 5.26 Å². The van der Waals surface area contributed by atoms with E-state index in [0.29, 0.717) is 18.5 Å². The molecule has 0 atom stereocenters. The van der Waals surface area contributed by atoms with Crippen LogP contribution in [0.3, 0.4) is 0 Å². The second-order valence-electron chi connectivity index (χ2n) is 3.42. The molecular formula is C12H14N2O2S. The number of nitriles is 1. The van der Waals surface area contributed by atoms with E-state index in [0.717, 1.165) is 10.6 Å². The minimum absolute atomic E-state index is 0.136. The Kier molecular flexibility index (Phi) is 5.37. The van der Waals surface area contributed by atoms with E-state index in [-0.39, 0.29) is 6.42 Å². The summed E-state index contributed by atoms with van der Waals surface area (Å²) in [6.45, 7) is 0.554. The zero-order valence-corrected chi connectivity index (χ0v) is 10.4. The molecule has 0 bridgehead atoms. The van der Waals surface area contributed by atoms with E-state index in [1.807, 2.05) is 24.5 Å². The Morgan fingerprint density at radius 3 is 2.94 bits per heavy atom. The maximum Gasteiger partial charge on any atom is 0.303 e. The van der Waals surface area contributed by atoms with Crippen LogP contribution < -0.4 is 5.32 Å². The molecule has 1 rings (SSSR count). The van der Waals surface area contributed by atoms with Gasteiger partial charge >= 0.3 is 5.97 Å². The standard InChI is InChI=1S/C12H14N2O2S/c1-17-11-5-2-4-10(9(11)8-13)14-7-3-6-12(15)16/h2,4-5,14H,3,6-7H2,1H3,(H,15,16). The Labute approximate surface area is 105 Å². The van der Waals surface area contributed by atoms with Gasteiger partial charge in [-0.2, -0.15) is 5.26 Å². The average molecular weight is 250 g/mol. The van der Waals surface area contributed by atoms with Crippen LogP contribution in [0.2, 0.25) is 0 Å². The van der Waals surface area contributed by atoms with Crippen LogP contribution in [-0.4, -0.2) is 23.9 Å². The Balaban J connectivity index is 2.65. The zero-order chi connectivity index (χ0) is 12.7. The van der Waals surface area contributed by atoms with Crippen LogP contribution in [0.1, 0.15) is 18.4 Å². The van der Waals surface area contributed by atoms with Gasteiger partial charge in [0, 0.05) is 17.9 Å². The number of carbonyl (C=O) groups is 1. The molecule has 0 radical (unpaired) electrons. The van der Waals surface area contributed by atoms with E-state index < -0.39 is 5.97 Å². The van der Waals surface area contributed by atoms with Gasteiger partial charge in [0.2, 0.25) is 0 Å². The van der Waals surface area contributed by atoms with Gasteiger partial charge in [-0.25, -0.2) is 0 Å². The van der Waals surface area contributed by atoms with Gasteiger partial charge in [-0.15, -0.1) is 11.8 Å². The third-order valence-corrected chi connectivity index (χ3v) is 3.02. The van der Waals surface area contributed by atoms with Gasteiger partial charge in [0.25, 0.3) is 0 Å². The predicted octanol–water partition coefficient (Wildman–Crippen LogP) is 2.56. The number of nitrogens with one attached hydrogen (secondary N) is 1. The van der Waals surface area contributed by atoms with Gasteiger partial charge in [0.1, 0.15) is 6.07 Å². The summed E-state index contributed by atoms with van der Waals surface area (Å²) in [5.41, 5.74) is 1.39. The summed E-state index contributed by atoms with van der Waals surface area (Å²) >= 11 is 1.52. The SMILES string of the molecule is CSc1cccc(NCCCC(=O)O)c1C#N. The number of hydrogen-bond donors (Lipinski definition) is 2. The quantitative estimate of drug-likeness (QED) is 0.599. The highest BCUT2D eigenvalue weighted by Crippen LogP contribution is 2.26. The molecule has 0 aliphatic carbocycles. The van der Waals surface area contributed by atoms with Crippen LogP contribution in [0, 0.1) is 11.3 Å². The fourth-order valence-electron chi connectivity index (χ4n) is 1.43. The minimum atomic E-state index is -0.801. The Hall–Kier alpha value is -1.67. The maximum atomic E-state index is 10.4. The van der Waals surface area contributed by atoms with E-state index in [2.05, 4.69) is 11.4 Å². The minimum Gasteiger partial charge on any atom is -0.481 e. The highest BCUT2D eigenvalue weighted by atomic mass is 32.2. The van der Waals surface area contributed by atoms with E-state index in [9.17, 15) is 4.79 Å². The number of aliphatic carboxylic acids is 1. The maximum absolute atomic E-state index is 10.4. The summed E-state index contributed by atoms with van der Waals surface area (Å²) < 4.78 is 0. The van der Waals surface area contributed by atoms with Crippen LogP contribution >= 0.6 is 11.8 Å². The summed E-state index contributed by atoms with van der Waals surface area (Å²) in [6.07, 6.45) is 2.60. The molecule has 0 fully saturated rings. The van der Waals surface area contributed by atoms with Crippen molar-refractivity contribution in [2.75, 3.05) is 18.1 Å². The van der Waals surface area contributed by atoms with Crippen LogP contribution in [0.4, 0.5) is 5.69 Å². The fourth-order valence-corrected chi connectivity index (χ4v) is 2.00. The molecule has 5 heteroatoms. The Morgan fingerprint density at radius 1 is 1.59 bits per heavy atom. The number of carboxylic acids is 1. The van der Waals surface area contributed by atoms with Crippen molar-refractivity contribution in [3.63, 3.8) is 0 Å². The van der Waals surface area contributed by atoms with E-state index in [1.54, 1.807) is 0 Å². The molecule has 0 spiro atoms. The van der Waals surface area contributed by atoms with E-state index in [4.69, 9.17) is 10.4 Å². The van der Waals surface area contributed by atoms with Crippen molar-refractivity contribution < 1.29 is 9.90 Å². The van der Waals surface area contributed by atoms with Gasteiger partial charge in [0.05, 0.1) is 11.3 Å². The van der Waals surface area contributed by atoms with Gasteiger partial charge in [-0.1, -0.05) is 6.07 Å². The second-order valence-corrected chi connectivity index (χ2v) is 4.27. The summed E-state index contributed by atoms with van der Waals surface area (Å²) in [5.74, 6) is -0.801. The lowest BCUT2D eigenvalue weighted by Crippen LogP contribution is -2.06. The summed E-state index contributed by atoms with van der Waals surface area (Å²) in [6, 6.07) is 7.77. The number of carboxylic acid groups (broad SMARTS) is 1. The van der Waals surface area contributed by atoms with Crippen LogP contribution in [0.5, 0.6) is 0 Å². The molecule has 90 valence electrons. The molecule has 17 heavy (non-hydrogen) atoms. The molecule has 2 N–H and O–H groups in total. The van der Waals surface area contributed by atoms with Crippen molar-refractivity contribution in [2.45, 2.75) is 17.7 Å². The topological polar surface area (TPSA) is 73.1 Å². The summed E-state index contributed by atoms with van der Waals surface area (Å²) in [7, 11) is 0. The van der Waals surface area contributed by atoms with Crippen molar-refractivity contribution in [3.05, 3.63) is 23.8 Å². The van der Waals surface area contributed by atoms with Gasteiger partial charge in [-0.05, 0) is 24.8 Å². The first-order valence-corrected chi connectivity index (χ1v) is 6.44. The Morgan fingerprint density at radius 2 is 2.35 bits per heavy atom. The first-order valence-electron chi connectivity index (χ1n) is 5.21. The number of hydrogen-bond acceptors (Lipinski definition) is 4. The van der Waals surface area contributed by atoms with Crippen LogP contribution in [0.15, 0.2) is 23.1 Å². The average Bonchev–Trinajstić information content (AvgIpc) is 2.33. The van der Waals surface area contributed by atoms with Crippen LogP contribution in [0.25, 0.3) is 0 Å². The number of rotatable bonds is 6. The molecule has 0 amide bonds. The molecule has 0 aliphatic rings. The first-order chi connectivity index (χ1) is 8.19. The molecule has 0 saturated carbocycles. The number of thioether (sulfide) groups is 1. The summed E-state index contributed by atoms with van der Waals surface area (Å²) in [4.78, 5) is 11.3. The lowest BCUT2D eigenvalue weighted by molar-refractivity contribution is -0.137. The normalized spacial score (nSPS) is 9.65. The third-order valence-electron chi connectivity index (χ3n) is 2.24. The van der Waals surface area contributed by atoms with E-state index in [1.165, 1.54) is 11.8 Å². The van der Waals surface area contributed by atoms with Crippen LogP contribution in [-0.2, 0) is 4.79 Å². The third kappa shape index (κ3) is 4.00. The van der Waals surface area contributed by atoms with Gasteiger partial charge in [0.15, 0.2) is 0 Å². The predicted molar refractivity (Wildman–Crippen MR) is 68.3 cm³/mol. The van der Waals surface area contributed by atoms with E-state index >= 15 is 0 Å². The fraction of sp³-hybridized carbons (Fsp3) is 0.333. The van der Waals surface area contributed by atoms with Crippen molar-refractivity contribution in [3.8, 4) is 6.07 Å². The van der Waals surface area contributed by atoms with Crippen molar-refractivity contribution >= 4 is 23.4 Å². The monoisotopic (exact) mass is 250 g/mol. The van der Waals surface area contributed by atoms with Crippen molar-refractivity contribution in [2.24, 2.45) is 0 Å². The number of nitrogens with zero attached hydrogens (tertiary/aromatic N) is 1. The molecule has 0 heterocycles.